The number of carbonyl (C=O) groups is 1. The van der Waals surface area contributed by atoms with E-state index in [0.29, 0.717) is 13.2 Å². The summed E-state index contributed by atoms with van der Waals surface area (Å²) in [4.78, 5) is 12.3. The monoisotopic (exact) mass is 432 g/mol. The molecule has 3 heteroatoms. The summed E-state index contributed by atoms with van der Waals surface area (Å²) in [6.45, 7) is 12.3. The van der Waals surface area contributed by atoms with Crippen molar-refractivity contribution in [3.63, 3.8) is 0 Å². The smallest absolute Gasteiger partial charge is 0.309 e. The lowest BCUT2D eigenvalue weighted by molar-refractivity contribution is -0.145. The molecule has 2 aromatic carbocycles. The fourth-order valence-electron chi connectivity index (χ4n) is 6.14. The molecule has 0 aliphatic heterocycles. The molecule has 5 rings (SSSR count). The summed E-state index contributed by atoms with van der Waals surface area (Å²) in [6.07, 6.45) is 5.45. The van der Waals surface area contributed by atoms with E-state index < -0.39 is 0 Å². The van der Waals surface area contributed by atoms with Gasteiger partial charge in [0.1, 0.15) is 12.4 Å². The molecule has 3 aliphatic carbocycles. The van der Waals surface area contributed by atoms with Gasteiger partial charge in [-0.3, -0.25) is 4.79 Å². The number of carbonyl (C=O) groups excluding carboxylic acids is 1. The van der Waals surface area contributed by atoms with E-state index in [-0.39, 0.29) is 28.1 Å². The van der Waals surface area contributed by atoms with Crippen LogP contribution in [0.25, 0.3) is 0 Å². The Hall–Kier alpha value is -2.29. The van der Waals surface area contributed by atoms with Crippen molar-refractivity contribution in [2.75, 3.05) is 6.61 Å². The topological polar surface area (TPSA) is 35.5 Å². The molecule has 3 nitrogen and oxygen atoms in total. The first-order chi connectivity index (χ1) is 15.2. The van der Waals surface area contributed by atoms with Crippen LogP contribution in [0.1, 0.15) is 88.1 Å². The van der Waals surface area contributed by atoms with Gasteiger partial charge in [0, 0.05) is 5.41 Å². The standard InChI is InChI=1S/C29H36O3/c1-6-31-26(30)25-17-29(25)12-11-20-8-9-21(16-23(20)29)32-18-19-7-10-22-24(15-19)28(4,5)14-13-27(22,2)3/h7-10,15-16,25H,6,11-14,17-18H2,1-5H3. The fraction of sp³-hybridized carbons (Fsp3) is 0.552. The van der Waals surface area contributed by atoms with Crippen LogP contribution in [0.3, 0.4) is 0 Å². The van der Waals surface area contributed by atoms with Gasteiger partial charge in [0.15, 0.2) is 0 Å². The molecule has 0 amide bonds. The van der Waals surface area contributed by atoms with Crippen molar-refractivity contribution in [3.05, 3.63) is 64.2 Å². The number of hydrogen-bond acceptors (Lipinski definition) is 3. The lowest BCUT2D eigenvalue weighted by Gasteiger charge is -2.42. The first-order valence-corrected chi connectivity index (χ1v) is 12.2. The third-order valence-electron chi connectivity index (χ3n) is 8.43. The molecular weight excluding hydrogens is 396 g/mol. The van der Waals surface area contributed by atoms with E-state index in [2.05, 4.69) is 64.1 Å². The van der Waals surface area contributed by atoms with Gasteiger partial charge in [-0.1, -0.05) is 52.0 Å². The maximum Gasteiger partial charge on any atom is 0.309 e. The van der Waals surface area contributed by atoms with Crippen molar-refractivity contribution in [3.8, 4) is 5.75 Å². The maximum absolute atomic E-state index is 12.3. The number of aryl methyl sites for hydroxylation is 1. The molecule has 1 spiro atoms. The summed E-state index contributed by atoms with van der Waals surface area (Å²) in [5.41, 5.74) is 7.27. The zero-order valence-electron chi connectivity index (χ0n) is 20.2. The van der Waals surface area contributed by atoms with Crippen LogP contribution < -0.4 is 4.74 Å². The Morgan fingerprint density at radius 2 is 1.69 bits per heavy atom. The Labute approximate surface area is 192 Å². The first kappa shape index (κ1) is 21.6. The van der Waals surface area contributed by atoms with Crippen molar-refractivity contribution in [2.24, 2.45) is 5.92 Å². The molecule has 170 valence electrons. The van der Waals surface area contributed by atoms with Gasteiger partial charge in [-0.05, 0) is 89.8 Å². The van der Waals surface area contributed by atoms with Crippen molar-refractivity contribution in [1.82, 2.24) is 0 Å². The number of esters is 1. The Morgan fingerprint density at radius 3 is 2.44 bits per heavy atom. The number of ether oxygens (including phenoxy) is 2. The van der Waals surface area contributed by atoms with Gasteiger partial charge < -0.3 is 9.47 Å². The van der Waals surface area contributed by atoms with Crippen LogP contribution in [0, 0.1) is 5.92 Å². The van der Waals surface area contributed by atoms with Gasteiger partial charge in [-0.15, -0.1) is 0 Å². The normalized spacial score (nSPS) is 26.3. The average Bonchev–Trinajstić information content (AvgIpc) is 3.39. The Balaban J connectivity index is 1.34. The molecule has 1 saturated carbocycles. The molecular formula is C29H36O3. The number of rotatable bonds is 5. The lowest BCUT2D eigenvalue weighted by atomic mass is 9.63. The van der Waals surface area contributed by atoms with Crippen LogP contribution in [0.15, 0.2) is 36.4 Å². The first-order valence-electron chi connectivity index (χ1n) is 12.2. The number of fused-ring (bicyclic) bond motifs is 3. The second kappa shape index (κ2) is 7.37. The van der Waals surface area contributed by atoms with Crippen LogP contribution >= 0.6 is 0 Å². The van der Waals surface area contributed by atoms with Gasteiger partial charge in [-0.2, -0.15) is 0 Å². The third kappa shape index (κ3) is 3.45. The van der Waals surface area contributed by atoms with Gasteiger partial charge in [0.25, 0.3) is 0 Å². The third-order valence-corrected chi connectivity index (χ3v) is 8.43. The fourth-order valence-corrected chi connectivity index (χ4v) is 6.14. The molecule has 0 bridgehead atoms. The quantitative estimate of drug-likeness (QED) is 0.514. The van der Waals surface area contributed by atoms with E-state index in [1.807, 2.05) is 6.92 Å². The van der Waals surface area contributed by atoms with E-state index in [4.69, 9.17) is 9.47 Å². The molecule has 32 heavy (non-hydrogen) atoms. The van der Waals surface area contributed by atoms with E-state index in [0.717, 1.165) is 25.0 Å². The summed E-state index contributed by atoms with van der Waals surface area (Å²) in [7, 11) is 0. The van der Waals surface area contributed by atoms with Crippen molar-refractivity contribution in [1.29, 1.82) is 0 Å². The maximum atomic E-state index is 12.3. The SMILES string of the molecule is CCOC(=O)C1CC12CCc1ccc(OCc3ccc4c(c3)C(C)(C)CCC4(C)C)cc12. The van der Waals surface area contributed by atoms with Gasteiger partial charge in [0.05, 0.1) is 12.5 Å². The predicted octanol–water partition coefficient (Wildman–Crippen LogP) is 6.38. The summed E-state index contributed by atoms with van der Waals surface area (Å²) in [5, 5.41) is 0. The van der Waals surface area contributed by atoms with Gasteiger partial charge >= 0.3 is 5.97 Å². The highest BCUT2D eigenvalue weighted by atomic mass is 16.5. The molecule has 0 saturated heterocycles. The zero-order chi connectivity index (χ0) is 22.7. The van der Waals surface area contributed by atoms with E-state index in [1.165, 1.54) is 40.7 Å². The Bertz CT molecular complexity index is 1060. The van der Waals surface area contributed by atoms with Crippen LogP contribution in [0.5, 0.6) is 5.75 Å². The molecule has 0 aromatic heterocycles. The molecule has 2 atom stereocenters. The Morgan fingerprint density at radius 1 is 0.938 bits per heavy atom. The minimum Gasteiger partial charge on any atom is -0.489 e. The molecule has 1 fully saturated rings. The minimum atomic E-state index is -0.0359. The van der Waals surface area contributed by atoms with Crippen LogP contribution in [0.2, 0.25) is 0 Å². The van der Waals surface area contributed by atoms with E-state index in [1.54, 1.807) is 0 Å². The zero-order valence-corrected chi connectivity index (χ0v) is 20.2. The summed E-state index contributed by atoms with van der Waals surface area (Å²) in [6, 6.07) is 13.4. The molecule has 0 heterocycles. The summed E-state index contributed by atoms with van der Waals surface area (Å²) in [5.74, 6) is 0.883. The van der Waals surface area contributed by atoms with Crippen LogP contribution in [-0.2, 0) is 38.8 Å². The molecule has 2 unspecified atom stereocenters. The molecule has 2 aromatic rings. The Kier molecular flexibility index (Phi) is 4.96. The summed E-state index contributed by atoms with van der Waals surface area (Å²) >= 11 is 0. The molecule has 0 radical (unpaired) electrons. The average molecular weight is 433 g/mol. The second-order valence-electron chi connectivity index (χ2n) is 11.4. The van der Waals surface area contributed by atoms with E-state index >= 15 is 0 Å². The minimum absolute atomic E-state index is 0.0115. The van der Waals surface area contributed by atoms with Gasteiger partial charge in [-0.25, -0.2) is 0 Å². The largest absolute Gasteiger partial charge is 0.489 e. The highest BCUT2D eigenvalue weighted by molar-refractivity contribution is 5.80. The second-order valence-corrected chi connectivity index (χ2v) is 11.4. The highest BCUT2D eigenvalue weighted by Crippen LogP contribution is 2.62. The van der Waals surface area contributed by atoms with E-state index in [9.17, 15) is 4.79 Å². The number of benzene rings is 2. The van der Waals surface area contributed by atoms with Crippen molar-refractivity contribution >= 4 is 5.97 Å². The summed E-state index contributed by atoms with van der Waals surface area (Å²) < 4.78 is 11.6. The van der Waals surface area contributed by atoms with Crippen LogP contribution in [0.4, 0.5) is 0 Å². The highest BCUT2D eigenvalue weighted by Gasteiger charge is 2.62. The molecule has 0 N–H and O–H groups in total. The number of hydrogen-bond donors (Lipinski definition) is 0. The van der Waals surface area contributed by atoms with Gasteiger partial charge in [0.2, 0.25) is 0 Å². The lowest BCUT2D eigenvalue weighted by Crippen LogP contribution is -2.33. The predicted molar refractivity (Wildman–Crippen MR) is 127 cm³/mol. The van der Waals surface area contributed by atoms with Crippen LogP contribution in [-0.4, -0.2) is 12.6 Å². The van der Waals surface area contributed by atoms with Crippen molar-refractivity contribution in [2.45, 2.75) is 89.6 Å². The molecule has 3 aliphatic rings. The van der Waals surface area contributed by atoms with Crippen molar-refractivity contribution < 1.29 is 14.3 Å².